The Morgan fingerprint density at radius 1 is 1.31 bits per heavy atom. The maximum atomic E-state index is 11.8. The van der Waals surface area contributed by atoms with Crippen LogP contribution in [0.25, 0.3) is 0 Å². The SMILES string of the molecule is NC(=O)[C@@H]1C[C@H](N2CC(Oc3ccc4c(c3C(=O)[O-])O[B-](O)(O)[C@@H]3C[C@H]43)C2)CN1. The number of carboxylic acid groups (broad SMARTS) is 1. The Kier molecular flexibility index (Phi) is 4.08. The monoisotopic (exact) mass is 403 g/mol. The van der Waals surface area contributed by atoms with Crippen LogP contribution in [0.1, 0.15) is 34.7 Å². The number of amides is 1. The van der Waals surface area contributed by atoms with Crippen LogP contribution >= 0.6 is 0 Å². The van der Waals surface area contributed by atoms with Crippen molar-refractivity contribution in [3.63, 3.8) is 0 Å². The Morgan fingerprint density at radius 3 is 2.72 bits per heavy atom. The highest BCUT2D eigenvalue weighted by atomic mass is 16.6. The molecule has 1 amide bonds. The normalized spacial score (nSPS) is 32.5. The van der Waals surface area contributed by atoms with Crippen LogP contribution in [-0.2, 0) is 4.79 Å². The summed E-state index contributed by atoms with van der Waals surface area (Å²) in [6.07, 6.45) is 0.958. The quantitative estimate of drug-likeness (QED) is 0.390. The van der Waals surface area contributed by atoms with E-state index in [4.69, 9.17) is 15.1 Å². The number of hydrogen-bond donors (Lipinski definition) is 4. The summed E-state index contributed by atoms with van der Waals surface area (Å²) in [6, 6.07) is 3.16. The minimum atomic E-state index is -3.09. The molecule has 0 radical (unpaired) electrons. The minimum Gasteiger partial charge on any atom is -0.669 e. The van der Waals surface area contributed by atoms with Gasteiger partial charge in [-0.3, -0.25) is 9.69 Å². The van der Waals surface area contributed by atoms with Gasteiger partial charge in [-0.25, -0.2) is 0 Å². The lowest BCUT2D eigenvalue weighted by Gasteiger charge is -2.43. The molecule has 3 aliphatic heterocycles. The number of primary amides is 1. The number of benzene rings is 1. The Bertz CT molecular complexity index is 888. The second-order valence-corrected chi connectivity index (χ2v) is 8.48. The van der Waals surface area contributed by atoms with Crippen molar-refractivity contribution in [2.45, 2.75) is 42.8 Å². The van der Waals surface area contributed by atoms with Crippen molar-refractivity contribution in [3.8, 4) is 11.5 Å². The van der Waals surface area contributed by atoms with Crippen LogP contribution in [0.15, 0.2) is 12.1 Å². The summed E-state index contributed by atoms with van der Waals surface area (Å²) < 4.78 is 11.2. The van der Waals surface area contributed by atoms with Gasteiger partial charge in [-0.1, -0.05) is 18.3 Å². The second kappa shape index (κ2) is 6.33. The van der Waals surface area contributed by atoms with Crippen molar-refractivity contribution in [1.29, 1.82) is 0 Å². The van der Waals surface area contributed by atoms with Crippen LogP contribution in [0, 0.1) is 0 Å². The third-order valence-electron chi connectivity index (χ3n) is 6.58. The summed E-state index contributed by atoms with van der Waals surface area (Å²) >= 11 is 0. The lowest BCUT2D eigenvalue weighted by atomic mass is 9.68. The Labute approximate surface area is 166 Å². The number of likely N-dealkylation sites (tertiary alicyclic amines) is 1. The third kappa shape index (κ3) is 3.05. The number of nitrogens with one attached hydrogen (secondary N) is 1. The van der Waals surface area contributed by atoms with Crippen molar-refractivity contribution < 1.29 is 34.1 Å². The maximum Gasteiger partial charge on any atom is 0.434 e. The lowest BCUT2D eigenvalue weighted by Crippen LogP contribution is -2.58. The summed E-state index contributed by atoms with van der Waals surface area (Å²) in [5.41, 5.74) is 5.69. The standard InChI is InChI=1S/C18H23BN3O7/c20-17(23)13-3-8(5-21-13)22-6-9(7-22)28-14-2-1-10-11-4-12(11)19(26,27)29-16(10)15(14)18(24)25/h1-2,8-9,11-13,21,26-27H,3-7H2,(H2,20,23)(H,24,25)/q-1/p-1/t8-,11+,12+,13-/m0/s1. The number of hydrogen-bond acceptors (Lipinski definition) is 9. The van der Waals surface area contributed by atoms with Crippen LogP contribution in [0.4, 0.5) is 0 Å². The molecule has 3 fully saturated rings. The summed E-state index contributed by atoms with van der Waals surface area (Å²) in [5.74, 6) is -2.33. The highest BCUT2D eigenvalue weighted by Gasteiger charge is 2.55. The lowest BCUT2D eigenvalue weighted by molar-refractivity contribution is -0.255. The molecule has 156 valence electrons. The van der Waals surface area contributed by atoms with Gasteiger partial charge >= 0.3 is 6.75 Å². The number of fused-ring (bicyclic) bond motifs is 3. The van der Waals surface area contributed by atoms with Gasteiger partial charge in [0.15, 0.2) is 0 Å². The molecule has 0 unspecified atom stereocenters. The number of nitrogens with two attached hydrogens (primary N) is 1. The van der Waals surface area contributed by atoms with Gasteiger partial charge in [0.2, 0.25) is 5.91 Å². The summed E-state index contributed by atoms with van der Waals surface area (Å²) in [6.45, 7) is -1.26. The van der Waals surface area contributed by atoms with Gasteiger partial charge in [0.05, 0.1) is 23.3 Å². The molecule has 0 spiro atoms. The van der Waals surface area contributed by atoms with E-state index >= 15 is 0 Å². The van der Waals surface area contributed by atoms with E-state index in [0.29, 0.717) is 38.0 Å². The van der Waals surface area contributed by atoms with E-state index in [-0.39, 0.29) is 47.1 Å². The Hall–Kier alpha value is -2.34. The molecule has 2 saturated heterocycles. The molecule has 1 aromatic carbocycles. The number of carbonyl (C=O) groups excluding carboxylic acids is 2. The summed E-state index contributed by atoms with van der Waals surface area (Å²) in [4.78, 5) is 25.2. The van der Waals surface area contributed by atoms with E-state index in [2.05, 4.69) is 10.2 Å². The van der Waals surface area contributed by atoms with Gasteiger partial charge in [-0.2, -0.15) is 0 Å². The molecule has 1 aliphatic carbocycles. The molecule has 5 N–H and O–H groups in total. The molecule has 10 nitrogen and oxygen atoms in total. The van der Waals surface area contributed by atoms with Crippen LogP contribution in [0.5, 0.6) is 11.5 Å². The van der Waals surface area contributed by atoms with Gasteiger partial charge in [-0.15, -0.1) is 0 Å². The fourth-order valence-electron chi connectivity index (χ4n) is 4.84. The highest BCUT2D eigenvalue weighted by Crippen LogP contribution is 2.63. The number of ether oxygens (including phenoxy) is 1. The smallest absolute Gasteiger partial charge is 0.434 e. The van der Waals surface area contributed by atoms with E-state index in [9.17, 15) is 24.7 Å². The van der Waals surface area contributed by atoms with E-state index in [1.807, 2.05) is 0 Å². The van der Waals surface area contributed by atoms with Crippen molar-refractivity contribution in [1.82, 2.24) is 10.2 Å². The first-order chi connectivity index (χ1) is 13.7. The predicted molar refractivity (Wildman–Crippen MR) is 98.1 cm³/mol. The predicted octanol–water partition coefficient (Wildman–Crippen LogP) is -2.50. The average molecular weight is 403 g/mol. The highest BCUT2D eigenvalue weighted by molar-refractivity contribution is 6.62. The molecule has 29 heavy (non-hydrogen) atoms. The zero-order valence-corrected chi connectivity index (χ0v) is 15.6. The van der Waals surface area contributed by atoms with Crippen LogP contribution in [-0.4, -0.2) is 71.4 Å². The van der Waals surface area contributed by atoms with Crippen molar-refractivity contribution in [2.24, 2.45) is 5.73 Å². The molecular weight excluding hydrogens is 381 g/mol. The molecule has 1 aromatic rings. The zero-order chi connectivity index (χ0) is 20.5. The Morgan fingerprint density at radius 2 is 2.07 bits per heavy atom. The molecule has 0 bridgehead atoms. The fourth-order valence-corrected chi connectivity index (χ4v) is 4.84. The van der Waals surface area contributed by atoms with E-state index in [1.165, 1.54) is 0 Å². The van der Waals surface area contributed by atoms with Crippen molar-refractivity contribution >= 4 is 18.6 Å². The summed E-state index contributed by atoms with van der Waals surface area (Å²) in [7, 11) is 0. The number of nitrogens with zero attached hydrogens (tertiary/aromatic N) is 1. The van der Waals surface area contributed by atoms with Crippen molar-refractivity contribution in [2.75, 3.05) is 19.6 Å². The van der Waals surface area contributed by atoms with Gasteiger partial charge in [-0.05, 0) is 24.0 Å². The largest absolute Gasteiger partial charge is 0.669 e. The molecule has 1 saturated carbocycles. The fraction of sp³-hybridized carbons (Fsp3) is 0.556. The molecule has 3 heterocycles. The topological polar surface area (TPSA) is 157 Å². The molecule has 0 aromatic heterocycles. The number of rotatable bonds is 5. The first-order valence-electron chi connectivity index (χ1n) is 9.84. The van der Waals surface area contributed by atoms with E-state index in [1.54, 1.807) is 12.1 Å². The van der Waals surface area contributed by atoms with Gasteiger partial charge in [0.1, 0.15) is 11.9 Å². The van der Waals surface area contributed by atoms with E-state index < -0.39 is 18.5 Å². The third-order valence-corrected chi connectivity index (χ3v) is 6.58. The zero-order valence-electron chi connectivity index (χ0n) is 15.6. The number of aromatic carboxylic acids is 1. The molecule has 4 atom stereocenters. The molecule has 11 heteroatoms. The molecule has 5 rings (SSSR count). The van der Waals surface area contributed by atoms with Crippen molar-refractivity contribution in [3.05, 3.63) is 23.3 Å². The van der Waals surface area contributed by atoms with Gasteiger partial charge < -0.3 is 40.4 Å². The number of carboxylic acids is 1. The second-order valence-electron chi connectivity index (χ2n) is 8.48. The maximum absolute atomic E-state index is 11.8. The first-order valence-corrected chi connectivity index (χ1v) is 9.84. The van der Waals surface area contributed by atoms with Crippen LogP contribution < -0.4 is 25.5 Å². The average Bonchev–Trinajstić information content (AvgIpc) is 3.28. The van der Waals surface area contributed by atoms with E-state index in [0.717, 1.165) is 0 Å². The van der Waals surface area contributed by atoms with Gasteiger partial charge in [0.25, 0.3) is 0 Å². The molecular formula is C18H22BN3O7-2. The summed E-state index contributed by atoms with van der Waals surface area (Å²) in [5, 5.41) is 35.0. The van der Waals surface area contributed by atoms with Gasteiger partial charge in [0, 0.05) is 25.7 Å². The molecule has 4 aliphatic rings. The first kappa shape index (κ1) is 18.7. The minimum absolute atomic E-state index is 0.0632. The van der Waals surface area contributed by atoms with Crippen LogP contribution in [0.2, 0.25) is 5.82 Å². The number of carbonyl (C=O) groups is 2. The Balaban J connectivity index is 1.30. The van der Waals surface area contributed by atoms with Crippen LogP contribution in [0.3, 0.4) is 0 Å².